The summed E-state index contributed by atoms with van der Waals surface area (Å²) in [7, 11) is 1.59. The summed E-state index contributed by atoms with van der Waals surface area (Å²) in [5.74, 6) is 0.684. The first-order chi connectivity index (χ1) is 14.1. The monoisotopic (exact) mass is 392 g/mol. The average Bonchev–Trinajstić information content (AvgIpc) is 3.31. The number of carbonyl (C=O) groups is 2. The number of fused-ring (bicyclic) bond motifs is 1. The second-order valence-corrected chi connectivity index (χ2v) is 7.12. The summed E-state index contributed by atoms with van der Waals surface area (Å²) in [4.78, 5) is 29.5. The van der Waals surface area contributed by atoms with E-state index in [1.54, 1.807) is 12.0 Å². The summed E-state index contributed by atoms with van der Waals surface area (Å²) in [6.45, 7) is 0.968. The number of methoxy groups -OCH3 is 1. The first-order valence-corrected chi connectivity index (χ1v) is 9.68. The zero-order chi connectivity index (χ0) is 20.2. The van der Waals surface area contributed by atoms with Crippen molar-refractivity contribution in [1.82, 2.24) is 15.6 Å². The fraction of sp³-hybridized carbons (Fsp3) is 0.273. The molecule has 1 saturated heterocycles. The number of para-hydroxylation sites is 1. The van der Waals surface area contributed by atoms with Gasteiger partial charge in [-0.25, -0.2) is 4.79 Å². The van der Waals surface area contributed by atoms with Crippen LogP contribution in [0.1, 0.15) is 12.0 Å². The third-order valence-electron chi connectivity index (χ3n) is 5.18. The van der Waals surface area contributed by atoms with E-state index < -0.39 is 0 Å². The molecule has 1 unspecified atom stereocenters. The maximum atomic E-state index is 12.4. The van der Waals surface area contributed by atoms with E-state index >= 15 is 0 Å². The van der Waals surface area contributed by atoms with E-state index in [1.807, 2.05) is 48.7 Å². The third-order valence-corrected chi connectivity index (χ3v) is 5.18. The van der Waals surface area contributed by atoms with E-state index in [0.29, 0.717) is 18.8 Å². The first kappa shape index (κ1) is 18.9. The third kappa shape index (κ3) is 4.18. The lowest BCUT2D eigenvalue weighted by Crippen LogP contribution is -2.43. The fourth-order valence-electron chi connectivity index (χ4n) is 3.72. The van der Waals surface area contributed by atoms with Crippen LogP contribution in [0.25, 0.3) is 10.9 Å². The van der Waals surface area contributed by atoms with Gasteiger partial charge in [0.1, 0.15) is 5.75 Å². The predicted molar refractivity (Wildman–Crippen MR) is 112 cm³/mol. The van der Waals surface area contributed by atoms with E-state index in [0.717, 1.165) is 17.6 Å². The number of hydrogen-bond donors (Lipinski definition) is 3. The van der Waals surface area contributed by atoms with Gasteiger partial charge in [-0.15, -0.1) is 0 Å². The molecule has 0 radical (unpaired) electrons. The Morgan fingerprint density at radius 3 is 2.97 bits per heavy atom. The van der Waals surface area contributed by atoms with Gasteiger partial charge in [-0.1, -0.05) is 24.3 Å². The Bertz CT molecular complexity index is 1030. The van der Waals surface area contributed by atoms with Crippen LogP contribution in [0.5, 0.6) is 5.75 Å². The molecule has 2 aromatic carbocycles. The molecule has 4 rings (SSSR count). The van der Waals surface area contributed by atoms with Gasteiger partial charge in [0.05, 0.1) is 13.2 Å². The Hall–Kier alpha value is -3.48. The van der Waals surface area contributed by atoms with E-state index in [-0.39, 0.29) is 24.4 Å². The summed E-state index contributed by atoms with van der Waals surface area (Å²) in [6.07, 6.45) is 3.00. The Morgan fingerprint density at radius 1 is 1.24 bits per heavy atom. The van der Waals surface area contributed by atoms with E-state index in [1.165, 1.54) is 10.9 Å². The first-order valence-electron chi connectivity index (χ1n) is 9.68. The van der Waals surface area contributed by atoms with Gasteiger partial charge in [0.25, 0.3) is 0 Å². The number of benzene rings is 2. The Balaban J connectivity index is 1.28. The maximum absolute atomic E-state index is 12.4. The van der Waals surface area contributed by atoms with Crippen LogP contribution in [0.2, 0.25) is 0 Å². The van der Waals surface area contributed by atoms with E-state index in [2.05, 4.69) is 21.7 Å². The molecule has 1 aliphatic heterocycles. The molecule has 3 aromatic rings. The number of nitrogens with one attached hydrogen (secondary N) is 3. The van der Waals surface area contributed by atoms with Crippen LogP contribution in [-0.2, 0) is 11.2 Å². The van der Waals surface area contributed by atoms with Gasteiger partial charge >= 0.3 is 6.03 Å². The lowest BCUT2D eigenvalue weighted by atomic mass is 10.1. The number of anilines is 1. The minimum atomic E-state index is -0.255. The molecule has 0 bridgehead atoms. The molecule has 7 heteroatoms. The van der Waals surface area contributed by atoms with Crippen molar-refractivity contribution in [2.45, 2.75) is 18.9 Å². The summed E-state index contributed by atoms with van der Waals surface area (Å²) < 4.78 is 5.22. The molecule has 2 heterocycles. The number of carbonyl (C=O) groups excluding carboxylic acids is 2. The van der Waals surface area contributed by atoms with Crippen LogP contribution in [-0.4, -0.2) is 43.2 Å². The van der Waals surface area contributed by atoms with Crippen LogP contribution in [0.3, 0.4) is 0 Å². The smallest absolute Gasteiger partial charge is 0.315 e. The van der Waals surface area contributed by atoms with E-state index in [4.69, 9.17) is 4.74 Å². The van der Waals surface area contributed by atoms with Gasteiger partial charge in [-0.05, 0) is 30.2 Å². The Kier molecular flexibility index (Phi) is 5.37. The normalized spacial score (nSPS) is 16.2. The second kappa shape index (κ2) is 8.26. The number of hydrogen-bond acceptors (Lipinski definition) is 3. The molecule has 1 aliphatic rings. The van der Waals surface area contributed by atoms with Crippen LogP contribution in [0, 0.1) is 0 Å². The van der Waals surface area contributed by atoms with Crippen LogP contribution >= 0.6 is 0 Å². The topological polar surface area (TPSA) is 86.5 Å². The summed E-state index contributed by atoms with van der Waals surface area (Å²) >= 11 is 0. The van der Waals surface area contributed by atoms with Crippen molar-refractivity contribution in [1.29, 1.82) is 0 Å². The Labute approximate surface area is 169 Å². The van der Waals surface area contributed by atoms with Crippen molar-refractivity contribution in [2.75, 3.05) is 25.1 Å². The number of aromatic nitrogens is 1. The molecular formula is C22H24N4O3. The van der Waals surface area contributed by atoms with Crippen molar-refractivity contribution < 1.29 is 14.3 Å². The standard InChI is InChI=1S/C22H24N4O3/c1-29-18-6-4-5-17(12-18)26-14-16(11-21(26)27)25-22(28)23-10-9-15-13-24-20-8-3-2-7-19(15)20/h2-8,12-13,16,24H,9-11,14H2,1H3,(H2,23,25,28). The average molecular weight is 392 g/mol. The number of H-pyrrole nitrogens is 1. The highest BCUT2D eigenvalue weighted by molar-refractivity contribution is 5.97. The van der Waals surface area contributed by atoms with Gasteiger partial charge in [0, 0.05) is 48.4 Å². The summed E-state index contributed by atoms with van der Waals surface area (Å²) in [5, 5.41) is 6.96. The molecule has 3 amide bonds. The van der Waals surface area contributed by atoms with Crippen LogP contribution in [0.15, 0.2) is 54.7 Å². The maximum Gasteiger partial charge on any atom is 0.315 e. The molecule has 1 fully saturated rings. The van der Waals surface area contributed by atoms with Crippen molar-refractivity contribution in [2.24, 2.45) is 0 Å². The number of aromatic amines is 1. The van der Waals surface area contributed by atoms with Crippen molar-refractivity contribution in [3.63, 3.8) is 0 Å². The number of urea groups is 1. The second-order valence-electron chi connectivity index (χ2n) is 7.12. The van der Waals surface area contributed by atoms with Gasteiger partial charge in [0.15, 0.2) is 0 Å². The highest BCUT2D eigenvalue weighted by Crippen LogP contribution is 2.25. The molecule has 150 valence electrons. The van der Waals surface area contributed by atoms with Gasteiger partial charge < -0.3 is 25.3 Å². The SMILES string of the molecule is COc1cccc(N2CC(NC(=O)NCCc3c[nH]c4ccccc34)CC2=O)c1. The number of amides is 3. The minimum absolute atomic E-state index is 0.0117. The fourth-order valence-corrected chi connectivity index (χ4v) is 3.72. The molecule has 0 spiro atoms. The largest absolute Gasteiger partial charge is 0.497 e. The van der Waals surface area contributed by atoms with Gasteiger partial charge in [-0.3, -0.25) is 4.79 Å². The predicted octanol–water partition coefficient (Wildman–Crippen LogP) is 2.82. The zero-order valence-electron chi connectivity index (χ0n) is 16.3. The summed E-state index contributed by atoms with van der Waals surface area (Å²) in [6, 6.07) is 15.0. The minimum Gasteiger partial charge on any atom is -0.497 e. The highest BCUT2D eigenvalue weighted by Gasteiger charge is 2.31. The molecule has 7 nitrogen and oxygen atoms in total. The highest BCUT2D eigenvalue weighted by atomic mass is 16.5. The van der Waals surface area contributed by atoms with Crippen LogP contribution < -0.4 is 20.3 Å². The molecular weight excluding hydrogens is 368 g/mol. The Morgan fingerprint density at radius 2 is 2.10 bits per heavy atom. The van der Waals surface area contributed by atoms with Crippen molar-refractivity contribution in [3.8, 4) is 5.75 Å². The number of rotatable bonds is 6. The van der Waals surface area contributed by atoms with Gasteiger partial charge in [-0.2, -0.15) is 0 Å². The number of ether oxygens (including phenoxy) is 1. The molecule has 3 N–H and O–H groups in total. The van der Waals surface area contributed by atoms with Crippen LogP contribution in [0.4, 0.5) is 10.5 Å². The van der Waals surface area contributed by atoms with Crippen molar-refractivity contribution >= 4 is 28.5 Å². The molecule has 0 saturated carbocycles. The molecule has 1 atom stereocenters. The quantitative estimate of drug-likeness (QED) is 0.603. The molecule has 1 aromatic heterocycles. The summed E-state index contributed by atoms with van der Waals surface area (Å²) in [5.41, 5.74) is 3.04. The number of nitrogens with zero attached hydrogens (tertiary/aromatic N) is 1. The molecule has 0 aliphatic carbocycles. The van der Waals surface area contributed by atoms with Crippen molar-refractivity contribution in [3.05, 3.63) is 60.3 Å². The lowest BCUT2D eigenvalue weighted by Gasteiger charge is -2.18. The van der Waals surface area contributed by atoms with Gasteiger partial charge in [0.2, 0.25) is 5.91 Å². The lowest BCUT2D eigenvalue weighted by molar-refractivity contribution is -0.117. The van der Waals surface area contributed by atoms with E-state index in [9.17, 15) is 9.59 Å². The zero-order valence-corrected chi connectivity index (χ0v) is 16.3. The molecule has 29 heavy (non-hydrogen) atoms.